The first kappa shape index (κ1) is 13.9. The van der Waals surface area contributed by atoms with E-state index in [1.807, 2.05) is 32.0 Å². The molecular weight excluding hydrogens is 258 g/mol. The minimum Gasteiger partial charge on any atom is -0.489 e. The molecule has 5 heteroatoms. The van der Waals surface area contributed by atoms with Crippen LogP contribution in [0, 0.1) is 13.8 Å². The van der Waals surface area contributed by atoms with Gasteiger partial charge in [-0.15, -0.1) is 0 Å². The lowest BCUT2D eigenvalue weighted by molar-refractivity contribution is -0.131. The van der Waals surface area contributed by atoms with Crippen LogP contribution in [0.4, 0.5) is 0 Å². The lowest BCUT2D eigenvalue weighted by atomic mass is 10.2. The van der Waals surface area contributed by atoms with Crippen LogP contribution < -0.4 is 4.74 Å². The molecule has 0 radical (unpaired) electrons. The lowest BCUT2D eigenvalue weighted by Crippen LogP contribution is -1.97. The third-order valence-electron chi connectivity index (χ3n) is 2.84. The van der Waals surface area contributed by atoms with Crippen LogP contribution >= 0.6 is 0 Å². The van der Waals surface area contributed by atoms with Crippen LogP contribution in [-0.4, -0.2) is 16.2 Å². The smallest absolute Gasteiger partial charge is 0.328 e. The Hall–Kier alpha value is -2.56. The molecule has 0 spiro atoms. The van der Waals surface area contributed by atoms with Crippen molar-refractivity contribution in [1.29, 1.82) is 0 Å². The van der Waals surface area contributed by atoms with Gasteiger partial charge in [0.15, 0.2) is 0 Å². The fraction of sp³-hybridized carbons (Fsp3) is 0.200. The summed E-state index contributed by atoms with van der Waals surface area (Å²) < 4.78 is 10.7. The molecule has 104 valence electrons. The second-order valence-electron chi connectivity index (χ2n) is 4.34. The predicted octanol–water partition coefficient (Wildman–Crippen LogP) is 2.97. The van der Waals surface area contributed by atoms with Crippen molar-refractivity contribution in [2.45, 2.75) is 20.5 Å². The molecule has 0 saturated heterocycles. The number of carboxylic acids is 1. The van der Waals surface area contributed by atoms with Gasteiger partial charge in [0.1, 0.15) is 18.1 Å². The van der Waals surface area contributed by atoms with Crippen molar-refractivity contribution in [3.8, 4) is 5.75 Å². The van der Waals surface area contributed by atoms with Crippen molar-refractivity contribution in [3.63, 3.8) is 0 Å². The summed E-state index contributed by atoms with van der Waals surface area (Å²) in [6.45, 7) is 4.07. The molecule has 2 rings (SSSR count). The number of hydrogen-bond donors (Lipinski definition) is 1. The van der Waals surface area contributed by atoms with E-state index in [2.05, 4.69) is 5.16 Å². The van der Waals surface area contributed by atoms with Gasteiger partial charge in [0.2, 0.25) is 0 Å². The Labute approximate surface area is 116 Å². The first-order valence-corrected chi connectivity index (χ1v) is 6.12. The van der Waals surface area contributed by atoms with Gasteiger partial charge in [-0.2, -0.15) is 0 Å². The molecule has 1 N–H and O–H groups in total. The second kappa shape index (κ2) is 6.06. The molecular formula is C15H15NO4. The van der Waals surface area contributed by atoms with Crippen molar-refractivity contribution >= 4 is 12.0 Å². The Morgan fingerprint density at radius 3 is 2.90 bits per heavy atom. The summed E-state index contributed by atoms with van der Waals surface area (Å²) in [6.07, 6.45) is 2.61. The van der Waals surface area contributed by atoms with Crippen molar-refractivity contribution in [2.24, 2.45) is 0 Å². The minimum atomic E-state index is -0.980. The van der Waals surface area contributed by atoms with Crippen LogP contribution in [0.3, 0.4) is 0 Å². The van der Waals surface area contributed by atoms with E-state index in [0.29, 0.717) is 12.4 Å². The maximum absolute atomic E-state index is 10.5. The quantitative estimate of drug-likeness (QED) is 0.848. The van der Waals surface area contributed by atoms with Gasteiger partial charge in [0.25, 0.3) is 0 Å². The van der Waals surface area contributed by atoms with E-state index < -0.39 is 5.97 Å². The fourth-order valence-electron chi connectivity index (χ4n) is 1.74. The Bertz CT molecular complexity index is 624. The van der Waals surface area contributed by atoms with Gasteiger partial charge in [-0.1, -0.05) is 17.3 Å². The lowest BCUT2D eigenvalue weighted by Gasteiger charge is -2.06. The molecule has 1 aromatic carbocycles. The number of benzene rings is 1. The number of carboxylic acid groups (broad SMARTS) is 1. The highest BCUT2D eigenvalue weighted by Crippen LogP contribution is 2.19. The third-order valence-corrected chi connectivity index (χ3v) is 2.84. The molecule has 0 aliphatic rings. The zero-order chi connectivity index (χ0) is 14.5. The van der Waals surface area contributed by atoms with Gasteiger partial charge in [0, 0.05) is 6.08 Å². The molecule has 0 aliphatic carbocycles. The van der Waals surface area contributed by atoms with Crippen LogP contribution in [0.2, 0.25) is 0 Å². The summed E-state index contributed by atoms with van der Waals surface area (Å²) in [5.74, 6) is 0.425. The van der Waals surface area contributed by atoms with E-state index in [1.165, 1.54) is 6.08 Å². The highest BCUT2D eigenvalue weighted by molar-refractivity contribution is 5.85. The van der Waals surface area contributed by atoms with E-state index in [0.717, 1.165) is 28.7 Å². The Kier molecular flexibility index (Phi) is 4.20. The summed E-state index contributed by atoms with van der Waals surface area (Å²) >= 11 is 0. The zero-order valence-electron chi connectivity index (χ0n) is 11.3. The molecule has 0 aliphatic heterocycles. The first-order chi connectivity index (χ1) is 9.56. The van der Waals surface area contributed by atoms with Gasteiger partial charge < -0.3 is 14.4 Å². The summed E-state index contributed by atoms with van der Waals surface area (Å²) in [4.78, 5) is 10.5. The van der Waals surface area contributed by atoms with Gasteiger partial charge in [0.05, 0.1) is 11.3 Å². The van der Waals surface area contributed by atoms with Gasteiger partial charge in [-0.05, 0) is 37.6 Å². The van der Waals surface area contributed by atoms with Crippen LogP contribution in [0.5, 0.6) is 5.75 Å². The van der Waals surface area contributed by atoms with Crippen molar-refractivity contribution in [1.82, 2.24) is 5.16 Å². The number of aromatic nitrogens is 1. The number of nitrogens with zero attached hydrogens (tertiary/aromatic N) is 1. The molecule has 5 nitrogen and oxygen atoms in total. The molecule has 0 amide bonds. The molecule has 0 unspecified atom stereocenters. The monoisotopic (exact) mass is 273 g/mol. The van der Waals surface area contributed by atoms with Crippen LogP contribution in [-0.2, 0) is 11.4 Å². The molecule has 2 aromatic rings. The Morgan fingerprint density at radius 1 is 1.45 bits per heavy atom. The topological polar surface area (TPSA) is 72.6 Å². The third kappa shape index (κ3) is 3.47. The molecule has 20 heavy (non-hydrogen) atoms. The predicted molar refractivity (Wildman–Crippen MR) is 73.4 cm³/mol. The van der Waals surface area contributed by atoms with E-state index in [4.69, 9.17) is 14.4 Å². The van der Waals surface area contributed by atoms with Crippen LogP contribution in [0.25, 0.3) is 6.08 Å². The second-order valence-corrected chi connectivity index (χ2v) is 4.34. The largest absolute Gasteiger partial charge is 0.489 e. The van der Waals surface area contributed by atoms with Gasteiger partial charge in [-0.3, -0.25) is 0 Å². The Balaban J connectivity index is 2.07. The first-order valence-electron chi connectivity index (χ1n) is 6.12. The van der Waals surface area contributed by atoms with Gasteiger partial charge in [-0.25, -0.2) is 4.79 Å². The number of ether oxygens (including phenoxy) is 1. The minimum absolute atomic E-state index is 0.368. The summed E-state index contributed by atoms with van der Waals surface area (Å²) in [5.41, 5.74) is 2.50. The van der Waals surface area contributed by atoms with E-state index in [9.17, 15) is 4.79 Å². The van der Waals surface area contributed by atoms with Gasteiger partial charge >= 0.3 is 5.97 Å². The fourth-order valence-corrected chi connectivity index (χ4v) is 1.74. The molecule has 1 aromatic heterocycles. The van der Waals surface area contributed by atoms with Crippen molar-refractivity contribution < 1.29 is 19.2 Å². The average molecular weight is 273 g/mol. The summed E-state index contributed by atoms with van der Waals surface area (Å²) in [5, 5.41) is 12.5. The van der Waals surface area contributed by atoms with E-state index >= 15 is 0 Å². The molecule has 0 atom stereocenters. The molecule has 0 fully saturated rings. The molecule has 1 heterocycles. The maximum Gasteiger partial charge on any atom is 0.328 e. The summed E-state index contributed by atoms with van der Waals surface area (Å²) in [6, 6.07) is 7.21. The average Bonchev–Trinajstić information content (AvgIpc) is 2.74. The number of hydrogen-bond acceptors (Lipinski definition) is 4. The van der Waals surface area contributed by atoms with Crippen LogP contribution in [0.15, 0.2) is 34.9 Å². The highest BCUT2D eigenvalue weighted by atomic mass is 16.5. The normalized spacial score (nSPS) is 10.9. The number of aliphatic carboxylic acids is 1. The highest BCUT2D eigenvalue weighted by Gasteiger charge is 2.09. The zero-order valence-corrected chi connectivity index (χ0v) is 11.3. The number of carbonyl (C=O) groups is 1. The summed E-state index contributed by atoms with van der Waals surface area (Å²) in [7, 11) is 0. The maximum atomic E-state index is 10.5. The number of rotatable bonds is 5. The Morgan fingerprint density at radius 2 is 2.25 bits per heavy atom. The standard InChI is InChI=1S/C15H15NO4/c1-10-14(11(2)20-16-10)9-19-13-5-3-4-12(8-13)6-7-15(17)18/h3-8H,9H2,1-2H3,(H,17,18)/b7-6-. The van der Waals surface area contributed by atoms with Crippen LogP contribution in [0.1, 0.15) is 22.6 Å². The van der Waals surface area contributed by atoms with E-state index in [1.54, 1.807) is 6.07 Å². The molecule has 0 saturated carbocycles. The van der Waals surface area contributed by atoms with Crippen molar-refractivity contribution in [2.75, 3.05) is 0 Å². The molecule has 0 bridgehead atoms. The van der Waals surface area contributed by atoms with E-state index in [-0.39, 0.29) is 0 Å². The SMILES string of the molecule is Cc1noc(C)c1COc1cccc(/C=C\C(=O)O)c1. The number of aryl methyl sites for hydroxylation is 2. The van der Waals surface area contributed by atoms with Crippen molar-refractivity contribution in [3.05, 3.63) is 52.9 Å².